The van der Waals surface area contributed by atoms with Crippen molar-refractivity contribution in [1.29, 1.82) is 0 Å². The molecule has 110 valence electrons. The van der Waals surface area contributed by atoms with Crippen LogP contribution in [0.1, 0.15) is 47.3 Å². The third kappa shape index (κ3) is 2.68. The topological polar surface area (TPSA) is 61.9 Å². The molecule has 1 aromatic carbocycles. The van der Waals surface area contributed by atoms with Crippen molar-refractivity contribution in [2.45, 2.75) is 39.5 Å². The fourth-order valence-electron chi connectivity index (χ4n) is 2.80. The van der Waals surface area contributed by atoms with Crippen molar-refractivity contribution in [3.05, 3.63) is 41.0 Å². The lowest BCUT2D eigenvalue weighted by Gasteiger charge is -2.28. The van der Waals surface area contributed by atoms with Gasteiger partial charge >= 0.3 is 0 Å². The molecule has 1 aliphatic rings. The minimum Gasteiger partial charge on any atom is -0.305 e. The molecular weight excluding hydrogens is 264 g/mol. The molecule has 0 radical (unpaired) electrons. The van der Waals surface area contributed by atoms with Gasteiger partial charge in [0.1, 0.15) is 5.82 Å². The Balaban J connectivity index is 1.88. The molecule has 1 aromatic heterocycles. The van der Waals surface area contributed by atoms with Crippen LogP contribution in [0.4, 0.5) is 5.69 Å². The van der Waals surface area contributed by atoms with E-state index in [1.54, 1.807) is 4.90 Å². The first-order valence-corrected chi connectivity index (χ1v) is 7.51. The number of rotatable bonds is 3. The van der Waals surface area contributed by atoms with Gasteiger partial charge in [0.15, 0.2) is 0 Å². The number of fused-ring (bicyclic) bond motifs is 1. The number of H-pyrrole nitrogens is 1. The number of nitrogens with one attached hydrogen (secondary N) is 1. The number of aromatic amines is 1. The highest BCUT2D eigenvalue weighted by Crippen LogP contribution is 2.28. The van der Waals surface area contributed by atoms with Crippen LogP contribution in [-0.2, 0) is 12.8 Å². The summed E-state index contributed by atoms with van der Waals surface area (Å²) in [6.07, 6.45) is 3.80. The number of aromatic nitrogens is 3. The molecule has 0 saturated carbocycles. The van der Waals surface area contributed by atoms with Gasteiger partial charge in [0.25, 0.3) is 5.91 Å². The third-order valence-corrected chi connectivity index (χ3v) is 3.81. The highest BCUT2D eigenvalue weighted by atomic mass is 16.2. The predicted octanol–water partition coefficient (Wildman–Crippen LogP) is 2.66. The van der Waals surface area contributed by atoms with Gasteiger partial charge in [-0.1, -0.05) is 24.6 Å². The molecule has 0 spiro atoms. The number of benzene rings is 1. The summed E-state index contributed by atoms with van der Waals surface area (Å²) in [5.74, 6) is 0.937. The zero-order chi connectivity index (χ0) is 14.8. The van der Waals surface area contributed by atoms with Crippen LogP contribution in [0, 0.1) is 6.92 Å². The Morgan fingerprint density at radius 3 is 3.10 bits per heavy atom. The minimum atomic E-state index is -0.113. The fourth-order valence-corrected chi connectivity index (χ4v) is 2.80. The van der Waals surface area contributed by atoms with Gasteiger partial charge in [0.05, 0.1) is 0 Å². The Hall–Kier alpha value is -2.17. The molecule has 2 aromatic rings. The number of nitrogens with zero attached hydrogens (tertiary/aromatic N) is 3. The molecule has 0 aliphatic carbocycles. The first-order chi connectivity index (χ1) is 10.2. The van der Waals surface area contributed by atoms with Crippen molar-refractivity contribution < 1.29 is 4.79 Å². The first kappa shape index (κ1) is 13.8. The summed E-state index contributed by atoms with van der Waals surface area (Å²) in [6, 6.07) is 6.24. The molecule has 3 rings (SSSR count). The molecule has 1 aliphatic heterocycles. The molecule has 0 unspecified atom stereocenters. The summed E-state index contributed by atoms with van der Waals surface area (Å²) >= 11 is 0. The molecule has 5 heteroatoms. The van der Waals surface area contributed by atoms with Crippen LogP contribution >= 0.6 is 0 Å². The number of hydrogen-bond donors (Lipinski definition) is 1. The molecule has 0 fully saturated rings. The van der Waals surface area contributed by atoms with Gasteiger partial charge < -0.3 is 4.90 Å². The first-order valence-electron chi connectivity index (χ1n) is 7.51. The Morgan fingerprint density at radius 2 is 2.29 bits per heavy atom. The molecule has 2 heterocycles. The summed E-state index contributed by atoms with van der Waals surface area (Å²) in [6.45, 7) is 4.88. The van der Waals surface area contributed by atoms with Crippen molar-refractivity contribution >= 4 is 11.6 Å². The van der Waals surface area contributed by atoms with E-state index in [1.165, 1.54) is 11.1 Å². The minimum absolute atomic E-state index is 0.113. The van der Waals surface area contributed by atoms with Crippen molar-refractivity contribution in [1.82, 2.24) is 15.2 Å². The second-order valence-electron chi connectivity index (χ2n) is 5.55. The average Bonchev–Trinajstić information content (AvgIpc) is 2.94. The zero-order valence-corrected chi connectivity index (χ0v) is 12.5. The number of anilines is 1. The fraction of sp³-hybridized carbons (Fsp3) is 0.438. The monoisotopic (exact) mass is 284 g/mol. The van der Waals surface area contributed by atoms with E-state index in [0.29, 0.717) is 0 Å². The van der Waals surface area contributed by atoms with E-state index in [1.807, 2.05) is 12.1 Å². The number of carbonyl (C=O) groups excluding carboxylic acids is 1. The summed E-state index contributed by atoms with van der Waals surface area (Å²) in [7, 11) is 0. The standard InChI is InChI=1S/C16H20N4O/c1-3-5-14-17-15(19-18-14)16(21)20-9-4-6-12-10-11(2)7-8-13(12)20/h7-8,10H,3-6,9H2,1-2H3,(H,17,18,19). The van der Waals surface area contributed by atoms with Crippen LogP contribution in [-0.4, -0.2) is 27.6 Å². The zero-order valence-electron chi connectivity index (χ0n) is 12.5. The van der Waals surface area contributed by atoms with E-state index in [2.05, 4.69) is 35.1 Å². The highest BCUT2D eigenvalue weighted by molar-refractivity contribution is 6.04. The van der Waals surface area contributed by atoms with E-state index >= 15 is 0 Å². The SMILES string of the molecule is CCCc1nc(C(=O)N2CCCc3cc(C)ccc32)n[nH]1. The second kappa shape index (κ2) is 5.68. The predicted molar refractivity (Wildman–Crippen MR) is 81.6 cm³/mol. The largest absolute Gasteiger partial charge is 0.305 e. The van der Waals surface area contributed by atoms with Gasteiger partial charge in [-0.25, -0.2) is 4.98 Å². The van der Waals surface area contributed by atoms with E-state index < -0.39 is 0 Å². The van der Waals surface area contributed by atoms with E-state index in [-0.39, 0.29) is 11.7 Å². The van der Waals surface area contributed by atoms with Crippen molar-refractivity contribution in [2.24, 2.45) is 0 Å². The van der Waals surface area contributed by atoms with Gasteiger partial charge in [0, 0.05) is 18.7 Å². The third-order valence-electron chi connectivity index (χ3n) is 3.81. The molecule has 0 atom stereocenters. The molecule has 0 saturated heterocycles. The Kier molecular flexibility index (Phi) is 3.73. The smallest absolute Gasteiger partial charge is 0.297 e. The maximum Gasteiger partial charge on any atom is 0.297 e. The van der Waals surface area contributed by atoms with Gasteiger partial charge in [0.2, 0.25) is 5.82 Å². The molecule has 1 N–H and O–H groups in total. The van der Waals surface area contributed by atoms with Crippen LogP contribution in [0.5, 0.6) is 0 Å². The summed E-state index contributed by atoms with van der Waals surface area (Å²) in [4.78, 5) is 18.8. The number of aryl methyl sites for hydroxylation is 3. The van der Waals surface area contributed by atoms with E-state index in [4.69, 9.17) is 0 Å². The maximum absolute atomic E-state index is 12.6. The van der Waals surface area contributed by atoms with Crippen LogP contribution in [0.25, 0.3) is 0 Å². The summed E-state index contributed by atoms with van der Waals surface area (Å²) < 4.78 is 0. The Bertz CT molecular complexity index is 662. The molecular formula is C16H20N4O. The maximum atomic E-state index is 12.6. The normalized spacial score (nSPS) is 14.1. The molecule has 21 heavy (non-hydrogen) atoms. The highest BCUT2D eigenvalue weighted by Gasteiger charge is 2.26. The van der Waals surface area contributed by atoms with Crippen LogP contribution < -0.4 is 4.90 Å². The lowest BCUT2D eigenvalue weighted by atomic mass is 9.99. The van der Waals surface area contributed by atoms with Crippen LogP contribution in [0.15, 0.2) is 18.2 Å². The average molecular weight is 284 g/mol. The molecule has 0 bridgehead atoms. The van der Waals surface area contributed by atoms with Gasteiger partial charge in [-0.15, -0.1) is 5.10 Å². The lowest BCUT2D eigenvalue weighted by molar-refractivity contribution is 0.0975. The summed E-state index contributed by atoms with van der Waals surface area (Å²) in [5, 5.41) is 6.92. The van der Waals surface area contributed by atoms with Crippen molar-refractivity contribution in [3.8, 4) is 0 Å². The van der Waals surface area contributed by atoms with Gasteiger partial charge in [-0.05, 0) is 37.8 Å². The number of hydrogen-bond acceptors (Lipinski definition) is 3. The number of amides is 1. The second-order valence-corrected chi connectivity index (χ2v) is 5.55. The quantitative estimate of drug-likeness (QED) is 0.942. The Labute approximate surface area is 124 Å². The van der Waals surface area contributed by atoms with Crippen LogP contribution in [0.3, 0.4) is 0 Å². The Morgan fingerprint density at radius 1 is 1.43 bits per heavy atom. The summed E-state index contributed by atoms with van der Waals surface area (Å²) in [5.41, 5.74) is 3.46. The molecule has 5 nitrogen and oxygen atoms in total. The van der Waals surface area contributed by atoms with Gasteiger partial charge in [-0.3, -0.25) is 9.89 Å². The van der Waals surface area contributed by atoms with Crippen molar-refractivity contribution in [3.63, 3.8) is 0 Å². The molecule has 1 amide bonds. The van der Waals surface area contributed by atoms with E-state index in [0.717, 1.165) is 43.7 Å². The number of carbonyl (C=O) groups is 1. The van der Waals surface area contributed by atoms with E-state index in [9.17, 15) is 4.79 Å². The van der Waals surface area contributed by atoms with Crippen LogP contribution in [0.2, 0.25) is 0 Å². The lowest BCUT2D eigenvalue weighted by Crippen LogP contribution is -2.36. The van der Waals surface area contributed by atoms with Gasteiger partial charge in [-0.2, -0.15) is 0 Å². The van der Waals surface area contributed by atoms with Crippen molar-refractivity contribution in [2.75, 3.05) is 11.4 Å².